The quantitative estimate of drug-likeness (QED) is 0.632. The summed E-state index contributed by atoms with van der Waals surface area (Å²) in [6.45, 7) is 0. The van der Waals surface area contributed by atoms with E-state index in [0.29, 0.717) is 5.92 Å². The summed E-state index contributed by atoms with van der Waals surface area (Å²) in [5.74, 6) is 4.29. The van der Waals surface area contributed by atoms with Crippen LogP contribution in [-0.4, -0.2) is 0 Å². The minimum Gasteiger partial charge on any atom is -0.120 e. The van der Waals surface area contributed by atoms with E-state index in [2.05, 4.69) is 36.3 Å². The Morgan fingerprint density at radius 3 is 2.57 bits per heavy atom. The van der Waals surface area contributed by atoms with Crippen molar-refractivity contribution < 1.29 is 0 Å². The zero-order chi connectivity index (χ0) is 9.80. The molecule has 2 rings (SSSR count). The summed E-state index contributed by atoms with van der Waals surface area (Å²) in [7, 11) is 0. The Balaban J connectivity index is 1.72. The van der Waals surface area contributed by atoms with Crippen LogP contribution in [0.2, 0.25) is 0 Å². The van der Waals surface area contributed by atoms with Crippen LogP contribution >= 0.6 is 0 Å². The molecule has 0 atom stereocenters. The lowest BCUT2D eigenvalue weighted by Crippen LogP contribution is -2.22. The zero-order valence-electron chi connectivity index (χ0n) is 8.45. The minimum atomic E-state index is 0.579. The maximum absolute atomic E-state index is 5.35. The summed E-state index contributed by atoms with van der Waals surface area (Å²) < 4.78 is 0. The lowest BCUT2D eigenvalue weighted by Gasteiger charge is -2.31. The average molecular weight is 184 g/mol. The van der Waals surface area contributed by atoms with Crippen LogP contribution in [0.4, 0.5) is 0 Å². The van der Waals surface area contributed by atoms with Crippen LogP contribution in [0.25, 0.3) is 0 Å². The van der Waals surface area contributed by atoms with E-state index in [9.17, 15) is 0 Å². The molecule has 0 amide bonds. The van der Waals surface area contributed by atoms with Gasteiger partial charge in [0.1, 0.15) is 0 Å². The van der Waals surface area contributed by atoms with E-state index in [-0.39, 0.29) is 0 Å². The summed E-state index contributed by atoms with van der Waals surface area (Å²) in [6, 6.07) is 10.7. The van der Waals surface area contributed by atoms with Gasteiger partial charge < -0.3 is 0 Å². The highest BCUT2D eigenvalue weighted by Crippen LogP contribution is 2.36. The van der Waals surface area contributed by atoms with Gasteiger partial charge in [0.25, 0.3) is 0 Å². The molecule has 0 aromatic heterocycles. The second kappa shape index (κ2) is 4.33. The standard InChI is InChI=1S/C14H16/c1-2-12-10-14(11-12)9-8-13-6-4-3-5-7-13/h1,3-7,12,14H,8-11H2. The maximum atomic E-state index is 5.35. The third kappa shape index (κ3) is 2.17. The van der Waals surface area contributed by atoms with Crippen LogP contribution < -0.4 is 0 Å². The number of aryl methyl sites for hydroxylation is 1. The van der Waals surface area contributed by atoms with E-state index in [0.717, 1.165) is 5.92 Å². The molecular formula is C14H16. The second-order valence-corrected chi connectivity index (χ2v) is 4.23. The van der Waals surface area contributed by atoms with Gasteiger partial charge in [-0.15, -0.1) is 12.3 Å². The van der Waals surface area contributed by atoms with E-state index in [1.807, 2.05) is 0 Å². The van der Waals surface area contributed by atoms with E-state index in [1.165, 1.54) is 31.2 Å². The number of rotatable bonds is 3. The number of benzene rings is 1. The molecule has 1 aromatic rings. The maximum Gasteiger partial charge on any atom is 0.0205 e. The second-order valence-electron chi connectivity index (χ2n) is 4.23. The van der Waals surface area contributed by atoms with Gasteiger partial charge in [0.2, 0.25) is 0 Å². The number of hydrogen-bond donors (Lipinski definition) is 0. The van der Waals surface area contributed by atoms with Crippen molar-refractivity contribution in [3.63, 3.8) is 0 Å². The van der Waals surface area contributed by atoms with Crippen molar-refractivity contribution in [2.45, 2.75) is 25.7 Å². The molecule has 72 valence electrons. The normalized spacial score (nSPS) is 25.1. The smallest absolute Gasteiger partial charge is 0.0205 e. The van der Waals surface area contributed by atoms with Gasteiger partial charge in [0.15, 0.2) is 0 Å². The predicted octanol–water partition coefficient (Wildman–Crippen LogP) is 3.28. The summed E-state index contributed by atoms with van der Waals surface area (Å²) in [4.78, 5) is 0. The van der Waals surface area contributed by atoms with Crippen molar-refractivity contribution in [1.29, 1.82) is 0 Å². The fraction of sp³-hybridized carbons (Fsp3) is 0.429. The molecule has 0 spiro atoms. The lowest BCUT2D eigenvalue weighted by atomic mass is 9.73. The zero-order valence-corrected chi connectivity index (χ0v) is 8.45. The Bertz CT molecular complexity index is 312. The van der Waals surface area contributed by atoms with Gasteiger partial charge in [0, 0.05) is 5.92 Å². The molecule has 0 nitrogen and oxygen atoms in total. The van der Waals surface area contributed by atoms with Gasteiger partial charge in [-0.1, -0.05) is 30.3 Å². The van der Waals surface area contributed by atoms with Crippen LogP contribution in [0.15, 0.2) is 30.3 Å². The molecule has 1 aliphatic rings. The summed E-state index contributed by atoms with van der Waals surface area (Å²) in [5.41, 5.74) is 1.46. The average Bonchev–Trinajstić information content (AvgIpc) is 2.17. The van der Waals surface area contributed by atoms with E-state index in [4.69, 9.17) is 6.42 Å². The van der Waals surface area contributed by atoms with Crippen LogP contribution in [0, 0.1) is 24.2 Å². The number of hydrogen-bond acceptors (Lipinski definition) is 0. The van der Waals surface area contributed by atoms with E-state index < -0.39 is 0 Å². The highest BCUT2D eigenvalue weighted by molar-refractivity contribution is 5.15. The van der Waals surface area contributed by atoms with Gasteiger partial charge in [-0.05, 0) is 37.2 Å². The monoisotopic (exact) mass is 184 g/mol. The Labute approximate surface area is 86.3 Å². The molecule has 0 aliphatic heterocycles. The largest absolute Gasteiger partial charge is 0.120 e. The molecule has 0 heterocycles. The van der Waals surface area contributed by atoms with Crippen molar-refractivity contribution in [2.24, 2.45) is 11.8 Å². The Morgan fingerprint density at radius 1 is 1.21 bits per heavy atom. The molecule has 0 saturated heterocycles. The van der Waals surface area contributed by atoms with Gasteiger partial charge in [-0.2, -0.15) is 0 Å². The molecule has 0 radical (unpaired) electrons. The number of terminal acetylenes is 1. The van der Waals surface area contributed by atoms with Gasteiger partial charge in [-0.25, -0.2) is 0 Å². The van der Waals surface area contributed by atoms with E-state index in [1.54, 1.807) is 0 Å². The first-order valence-corrected chi connectivity index (χ1v) is 5.38. The highest BCUT2D eigenvalue weighted by Gasteiger charge is 2.26. The highest BCUT2D eigenvalue weighted by atomic mass is 14.3. The third-order valence-corrected chi connectivity index (χ3v) is 3.16. The van der Waals surface area contributed by atoms with Gasteiger partial charge >= 0.3 is 0 Å². The molecule has 14 heavy (non-hydrogen) atoms. The lowest BCUT2D eigenvalue weighted by molar-refractivity contribution is 0.234. The van der Waals surface area contributed by atoms with Crippen molar-refractivity contribution >= 4 is 0 Å². The summed E-state index contributed by atoms with van der Waals surface area (Å²) in [5, 5.41) is 0. The molecule has 0 bridgehead atoms. The Hall–Kier alpha value is -1.22. The van der Waals surface area contributed by atoms with Crippen molar-refractivity contribution in [3.05, 3.63) is 35.9 Å². The predicted molar refractivity (Wildman–Crippen MR) is 59.8 cm³/mol. The van der Waals surface area contributed by atoms with Gasteiger partial charge in [-0.3, -0.25) is 0 Å². The third-order valence-electron chi connectivity index (χ3n) is 3.16. The van der Waals surface area contributed by atoms with Crippen LogP contribution in [0.5, 0.6) is 0 Å². The first-order chi connectivity index (χ1) is 6.88. The topological polar surface area (TPSA) is 0 Å². The first-order valence-electron chi connectivity index (χ1n) is 5.38. The molecule has 1 aromatic carbocycles. The SMILES string of the molecule is C#CC1CC(CCc2ccccc2)C1. The van der Waals surface area contributed by atoms with Gasteiger partial charge in [0.05, 0.1) is 0 Å². The Kier molecular flexibility index (Phi) is 2.89. The van der Waals surface area contributed by atoms with Crippen molar-refractivity contribution in [1.82, 2.24) is 0 Å². The molecule has 1 aliphatic carbocycles. The molecule has 0 unspecified atom stereocenters. The van der Waals surface area contributed by atoms with Crippen LogP contribution in [0.3, 0.4) is 0 Å². The molecule has 0 heteroatoms. The first kappa shape index (κ1) is 9.34. The summed E-state index contributed by atoms with van der Waals surface area (Å²) >= 11 is 0. The Morgan fingerprint density at radius 2 is 1.93 bits per heavy atom. The van der Waals surface area contributed by atoms with Crippen molar-refractivity contribution in [3.8, 4) is 12.3 Å². The van der Waals surface area contributed by atoms with E-state index >= 15 is 0 Å². The fourth-order valence-corrected chi connectivity index (χ4v) is 2.12. The fourth-order valence-electron chi connectivity index (χ4n) is 2.12. The molecular weight excluding hydrogens is 168 g/mol. The summed E-state index contributed by atoms with van der Waals surface area (Å²) in [6.07, 6.45) is 10.4. The molecule has 0 N–H and O–H groups in total. The molecule has 1 saturated carbocycles. The van der Waals surface area contributed by atoms with Crippen LogP contribution in [-0.2, 0) is 6.42 Å². The van der Waals surface area contributed by atoms with Crippen molar-refractivity contribution in [2.75, 3.05) is 0 Å². The van der Waals surface area contributed by atoms with Crippen LogP contribution in [0.1, 0.15) is 24.8 Å². The minimum absolute atomic E-state index is 0.579. The molecule has 1 fully saturated rings.